The molecule has 0 radical (unpaired) electrons. The summed E-state index contributed by atoms with van der Waals surface area (Å²) < 4.78 is 4.69. The van der Waals surface area contributed by atoms with Crippen LogP contribution in [0.4, 0.5) is 5.69 Å². The number of anilines is 1. The number of nitrogens with one attached hydrogen (secondary N) is 1. The molecule has 1 amide bonds. The number of esters is 1. The van der Waals surface area contributed by atoms with Crippen LogP contribution in [0.5, 0.6) is 0 Å². The van der Waals surface area contributed by atoms with Crippen molar-refractivity contribution in [1.29, 1.82) is 5.26 Å². The Morgan fingerprint density at radius 2 is 1.92 bits per heavy atom. The number of nitriles is 1. The first-order valence-corrected chi connectivity index (χ1v) is 8.74. The summed E-state index contributed by atoms with van der Waals surface area (Å²) in [5, 5.41) is 11.6. The molecule has 2 aromatic carbocycles. The molecule has 0 heterocycles. The summed E-state index contributed by atoms with van der Waals surface area (Å²) in [5.74, 6) is 0.400. The Morgan fingerprint density at radius 3 is 2.56 bits per heavy atom. The summed E-state index contributed by atoms with van der Waals surface area (Å²) >= 11 is 1.48. The largest absolute Gasteiger partial charge is 0.465 e. The van der Waals surface area contributed by atoms with E-state index in [-0.39, 0.29) is 5.91 Å². The molecule has 25 heavy (non-hydrogen) atoms. The molecule has 0 bridgehead atoms. The molecule has 5 nitrogen and oxygen atoms in total. The normalized spacial score (nSPS) is 9.96. The van der Waals surface area contributed by atoms with Crippen molar-refractivity contribution in [2.75, 3.05) is 18.2 Å². The monoisotopic (exact) mass is 354 g/mol. The second kappa shape index (κ2) is 8.90. The lowest BCUT2D eigenvalue weighted by molar-refractivity contribution is -0.113. The topological polar surface area (TPSA) is 79.2 Å². The van der Waals surface area contributed by atoms with Gasteiger partial charge in [0.15, 0.2) is 0 Å². The maximum absolute atomic E-state index is 12.1. The van der Waals surface area contributed by atoms with Crippen LogP contribution in [0.15, 0.2) is 42.5 Å². The highest BCUT2D eigenvalue weighted by Crippen LogP contribution is 2.19. The molecule has 0 saturated heterocycles. The molecule has 0 spiro atoms. The van der Waals surface area contributed by atoms with Crippen LogP contribution >= 0.6 is 11.8 Å². The van der Waals surface area contributed by atoms with Crippen LogP contribution in [-0.4, -0.2) is 24.7 Å². The molecule has 0 atom stereocenters. The highest BCUT2D eigenvalue weighted by molar-refractivity contribution is 7.99. The van der Waals surface area contributed by atoms with E-state index in [1.807, 2.05) is 19.1 Å². The average molecular weight is 354 g/mol. The minimum atomic E-state index is -0.439. The SMILES string of the molecule is COC(=O)c1ccc(C)c(NC(=O)CSCc2ccc(C#N)cc2)c1. The highest BCUT2D eigenvalue weighted by Gasteiger charge is 2.10. The number of ether oxygens (including phenoxy) is 1. The quantitative estimate of drug-likeness (QED) is 0.803. The van der Waals surface area contributed by atoms with Crippen molar-refractivity contribution in [2.24, 2.45) is 0 Å². The Morgan fingerprint density at radius 1 is 1.20 bits per heavy atom. The van der Waals surface area contributed by atoms with Crippen molar-refractivity contribution < 1.29 is 14.3 Å². The molecule has 0 aromatic heterocycles. The Bertz CT molecular complexity index is 810. The zero-order valence-corrected chi connectivity index (χ0v) is 14.9. The number of benzene rings is 2. The lowest BCUT2D eigenvalue weighted by Gasteiger charge is -2.10. The van der Waals surface area contributed by atoms with E-state index in [9.17, 15) is 9.59 Å². The summed E-state index contributed by atoms with van der Waals surface area (Å²) in [6.07, 6.45) is 0. The molecular weight excluding hydrogens is 336 g/mol. The third-order valence-corrected chi connectivity index (χ3v) is 4.52. The van der Waals surface area contributed by atoms with Gasteiger partial charge in [-0.15, -0.1) is 11.8 Å². The van der Waals surface area contributed by atoms with Crippen molar-refractivity contribution in [3.63, 3.8) is 0 Å². The molecule has 1 N–H and O–H groups in total. The Balaban J connectivity index is 1.89. The van der Waals surface area contributed by atoms with Gasteiger partial charge in [0, 0.05) is 11.4 Å². The number of carbonyl (C=O) groups excluding carboxylic acids is 2. The second-order valence-corrected chi connectivity index (χ2v) is 6.36. The number of carbonyl (C=O) groups is 2. The molecule has 6 heteroatoms. The van der Waals surface area contributed by atoms with Gasteiger partial charge in [-0.3, -0.25) is 4.79 Å². The molecule has 0 saturated carbocycles. The van der Waals surface area contributed by atoms with E-state index >= 15 is 0 Å². The molecule has 2 aromatic rings. The first-order chi connectivity index (χ1) is 12.0. The van der Waals surface area contributed by atoms with Crippen LogP contribution in [0.1, 0.15) is 27.0 Å². The summed E-state index contributed by atoms with van der Waals surface area (Å²) in [4.78, 5) is 23.7. The van der Waals surface area contributed by atoms with E-state index in [0.717, 1.165) is 11.1 Å². The smallest absolute Gasteiger partial charge is 0.337 e. The van der Waals surface area contributed by atoms with Crippen molar-refractivity contribution in [2.45, 2.75) is 12.7 Å². The Kier molecular flexibility index (Phi) is 6.61. The second-order valence-electron chi connectivity index (χ2n) is 5.37. The van der Waals surface area contributed by atoms with Gasteiger partial charge in [0.25, 0.3) is 0 Å². The minimum Gasteiger partial charge on any atom is -0.465 e. The number of rotatable bonds is 6. The van der Waals surface area contributed by atoms with E-state index in [1.54, 1.807) is 30.3 Å². The fourth-order valence-corrected chi connectivity index (χ4v) is 2.91. The molecule has 2 rings (SSSR count). The third kappa shape index (κ3) is 5.37. The lowest BCUT2D eigenvalue weighted by Crippen LogP contribution is -2.15. The number of thioether (sulfide) groups is 1. The molecule has 0 unspecified atom stereocenters. The van der Waals surface area contributed by atoms with Crippen LogP contribution in [-0.2, 0) is 15.3 Å². The summed E-state index contributed by atoms with van der Waals surface area (Å²) in [5.41, 5.74) is 3.55. The average Bonchev–Trinajstić information content (AvgIpc) is 2.63. The van der Waals surface area contributed by atoms with Gasteiger partial charge in [-0.05, 0) is 42.3 Å². The van der Waals surface area contributed by atoms with Gasteiger partial charge in [-0.1, -0.05) is 18.2 Å². The standard InChI is InChI=1S/C19H18N2O3S/c1-13-3-8-16(19(23)24-2)9-17(13)21-18(22)12-25-11-15-6-4-14(10-20)5-7-15/h3-9H,11-12H2,1-2H3,(H,21,22). The molecular formula is C19H18N2O3S. The van der Waals surface area contributed by atoms with Gasteiger partial charge >= 0.3 is 5.97 Å². The zero-order valence-electron chi connectivity index (χ0n) is 14.0. The van der Waals surface area contributed by atoms with Gasteiger partial charge in [0.05, 0.1) is 30.1 Å². The maximum atomic E-state index is 12.1. The number of nitrogens with zero attached hydrogens (tertiary/aromatic N) is 1. The number of hydrogen-bond donors (Lipinski definition) is 1. The first-order valence-electron chi connectivity index (χ1n) is 7.59. The molecule has 0 aliphatic carbocycles. The fourth-order valence-electron chi connectivity index (χ4n) is 2.12. The summed E-state index contributed by atoms with van der Waals surface area (Å²) in [6.45, 7) is 1.86. The van der Waals surface area contributed by atoms with Crippen molar-refractivity contribution >= 4 is 29.3 Å². The molecule has 0 aliphatic rings. The number of aryl methyl sites for hydroxylation is 1. The minimum absolute atomic E-state index is 0.135. The van der Waals surface area contributed by atoms with Crippen LogP contribution in [0, 0.1) is 18.3 Å². The van der Waals surface area contributed by atoms with Crippen LogP contribution < -0.4 is 5.32 Å². The Labute approximate surface area is 151 Å². The van der Waals surface area contributed by atoms with Crippen LogP contribution in [0.2, 0.25) is 0 Å². The summed E-state index contributed by atoms with van der Waals surface area (Å²) in [6, 6.07) is 14.4. The fraction of sp³-hybridized carbons (Fsp3) is 0.211. The van der Waals surface area contributed by atoms with Gasteiger partial charge in [0.2, 0.25) is 5.91 Å². The number of amides is 1. The summed E-state index contributed by atoms with van der Waals surface area (Å²) in [7, 11) is 1.32. The zero-order chi connectivity index (χ0) is 18.2. The van der Waals surface area contributed by atoms with Gasteiger partial charge in [0.1, 0.15) is 0 Å². The number of hydrogen-bond acceptors (Lipinski definition) is 5. The highest BCUT2D eigenvalue weighted by atomic mass is 32.2. The van der Waals surface area contributed by atoms with Gasteiger partial charge in [-0.25, -0.2) is 4.79 Å². The Hall–Kier alpha value is -2.78. The van der Waals surface area contributed by atoms with E-state index in [1.165, 1.54) is 18.9 Å². The van der Waals surface area contributed by atoms with Crippen LogP contribution in [0.25, 0.3) is 0 Å². The lowest BCUT2D eigenvalue weighted by atomic mass is 10.1. The van der Waals surface area contributed by atoms with Crippen molar-refractivity contribution in [3.05, 3.63) is 64.7 Å². The molecule has 0 aliphatic heterocycles. The van der Waals surface area contributed by atoms with Gasteiger partial charge < -0.3 is 10.1 Å². The number of methoxy groups -OCH3 is 1. The van der Waals surface area contributed by atoms with Gasteiger partial charge in [-0.2, -0.15) is 5.26 Å². The van der Waals surface area contributed by atoms with E-state index in [0.29, 0.717) is 28.3 Å². The van der Waals surface area contributed by atoms with Crippen molar-refractivity contribution in [1.82, 2.24) is 0 Å². The van der Waals surface area contributed by atoms with Crippen LogP contribution in [0.3, 0.4) is 0 Å². The maximum Gasteiger partial charge on any atom is 0.337 e. The third-order valence-electron chi connectivity index (χ3n) is 3.52. The van der Waals surface area contributed by atoms with Crippen molar-refractivity contribution in [3.8, 4) is 6.07 Å². The first kappa shape index (κ1) is 18.6. The predicted octanol–water partition coefficient (Wildman–Crippen LogP) is 3.53. The predicted molar refractivity (Wildman–Crippen MR) is 98.5 cm³/mol. The van der Waals surface area contributed by atoms with E-state index in [4.69, 9.17) is 10.00 Å². The molecule has 0 fully saturated rings. The van der Waals surface area contributed by atoms with E-state index < -0.39 is 5.97 Å². The van der Waals surface area contributed by atoms with E-state index in [2.05, 4.69) is 11.4 Å². The molecule has 128 valence electrons.